The SMILES string of the molecule is CCCNC1CCCC1c1nc(-c2cccc(C)n2)no1. The summed E-state index contributed by atoms with van der Waals surface area (Å²) >= 11 is 0. The first-order chi connectivity index (χ1) is 10.3. The average molecular weight is 286 g/mol. The molecule has 1 N–H and O–H groups in total. The summed E-state index contributed by atoms with van der Waals surface area (Å²) in [6, 6.07) is 6.31. The Morgan fingerprint density at radius 2 is 2.19 bits per heavy atom. The lowest BCUT2D eigenvalue weighted by Crippen LogP contribution is -2.31. The highest BCUT2D eigenvalue weighted by atomic mass is 16.5. The number of nitrogens with zero attached hydrogens (tertiary/aromatic N) is 3. The molecule has 2 atom stereocenters. The van der Waals surface area contributed by atoms with Gasteiger partial charge in [-0.15, -0.1) is 0 Å². The Bertz CT molecular complexity index is 595. The van der Waals surface area contributed by atoms with E-state index >= 15 is 0 Å². The fraction of sp³-hybridized carbons (Fsp3) is 0.562. The number of hydrogen-bond acceptors (Lipinski definition) is 5. The van der Waals surface area contributed by atoms with Crippen molar-refractivity contribution in [1.29, 1.82) is 0 Å². The summed E-state index contributed by atoms with van der Waals surface area (Å²) in [5.74, 6) is 1.68. The molecule has 5 heteroatoms. The zero-order valence-corrected chi connectivity index (χ0v) is 12.7. The molecular weight excluding hydrogens is 264 g/mol. The lowest BCUT2D eigenvalue weighted by molar-refractivity contribution is 0.330. The maximum Gasteiger partial charge on any atom is 0.231 e. The molecular formula is C16H22N4O. The normalized spacial score (nSPS) is 21.8. The molecule has 2 heterocycles. The van der Waals surface area contributed by atoms with Crippen LogP contribution in [0.25, 0.3) is 11.5 Å². The van der Waals surface area contributed by atoms with Crippen LogP contribution in [-0.2, 0) is 0 Å². The van der Waals surface area contributed by atoms with Crippen LogP contribution in [0.1, 0.15) is 50.1 Å². The molecule has 21 heavy (non-hydrogen) atoms. The summed E-state index contributed by atoms with van der Waals surface area (Å²) in [5, 5.41) is 7.71. The van der Waals surface area contributed by atoms with E-state index in [0.29, 0.717) is 17.8 Å². The Hall–Kier alpha value is -1.75. The maximum absolute atomic E-state index is 5.51. The lowest BCUT2D eigenvalue weighted by atomic mass is 10.0. The van der Waals surface area contributed by atoms with Crippen molar-refractivity contribution >= 4 is 0 Å². The summed E-state index contributed by atoms with van der Waals surface area (Å²) in [5.41, 5.74) is 1.74. The third-order valence-electron chi connectivity index (χ3n) is 4.05. The maximum atomic E-state index is 5.51. The van der Waals surface area contributed by atoms with E-state index in [1.807, 2.05) is 25.1 Å². The zero-order valence-electron chi connectivity index (χ0n) is 12.7. The second kappa shape index (κ2) is 6.35. The van der Waals surface area contributed by atoms with E-state index in [9.17, 15) is 0 Å². The highest BCUT2D eigenvalue weighted by Crippen LogP contribution is 2.34. The summed E-state index contributed by atoms with van der Waals surface area (Å²) in [6.45, 7) is 5.19. The second-order valence-corrected chi connectivity index (χ2v) is 5.72. The first kappa shape index (κ1) is 14.2. The molecule has 1 aliphatic rings. The topological polar surface area (TPSA) is 63.8 Å². The molecule has 0 bridgehead atoms. The molecule has 5 nitrogen and oxygen atoms in total. The van der Waals surface area contributed by atoms with Gasteiger partial charge >= 0.3 is 0 Å². The first-order valence-electron chi connectivity index (χ1n) is 7.79. The third-order valence-corrected chi connectivity index (χ3v) is 4.05. The van der Waals surface area contributed by atoms with Gasteiger partial charge in [-0.2, -0.15) is 4.98 Å². The van der Waals surface area contributed by atoms with Gasteiger partial charge in [-0.3, -0.25) is 0 Å². The van der Waals surface area contributed by atoms with Crippen LogP contribution in [0.2, 0.25) is 0 Å². The Morgan fingerprint density at radius 3 is 3.00 bits per heavy atom. The molecule has 0 saturated heterocycles. The molecule has 2 aromatic heterocycles. The van der Waals surface area contributed by atoms with Gasteiger partial charge in [0.2, 0.25) is 11.7 Å². The van der Waals surface area contributed by atoms with E-state index in [2.05, 4.69) is 27.4 Å². The largest absolute Gasteiger partial charge is 0.339 e. The summed E-state index contributed by atoms with van der Waals surface area (Å²) in [6.07, 6.45) is 4.66. The molecule has 1 aliphatic carbocycles. The average Bonchev–Trinajstić information content (AvgIpc) is 3.13. The molecule has 0 amide bonds. The van der Waals surface area contributed by atoms with E-state index in [4.69, 9.17) is 4.52 Å². The predicted octanol–water partition coefficient (Wildman–Crippen LogP) is 3.08. The lowest BCUT2D eigenvalue weighted by Gasteiger charge is -2.17. The van der Waals surface area contributed by atoms with Gasteiger partial charge in [-0.1, -0.05) is 24.6 Å². The van der Waals surface area contributed by atoms with E-state index in [1.165, 1.54) is 12.8 Å². The monoisotopic (exact) mass is 286 g/mol. The van der Waals surface area contributed by atoms with Crippen LogP contribution in [0, 0.1) is 6.92 Å². The minimum atomic E-state index is 0.336. The zero-order chi connectivity index (χ0) is 14.7. The van der Waals surface area contributed by atoms with Crippen molar-refractivity contribution in [1.82, 2.24) is 20.4 Å². The highest BCUT2D eigenvalue weighted by Gasteiger charge is 2.32. The van der Waals surface area contributed by atoms with Crippen molar-refractivity contribution in [2.45, 2.75) is 51.5 Å². The van der Waals surface area contributed by atoms with Gasteiger partial charge in [0.1, 0.15) is 5.69 Å². The van der Waals surface area contributed by atoms with Crippen LogP contribution in [0.4, 0.5) is 0 Å². The van der Waals surface area contributed by atoms with Gasteiger partial charge in [-0.25, -0.2) is 4.98 Å². The van der Waals surface area contributed by atoms with Crippen molar-refractivity contribution < 1.29 is 4.52 Å². The van der Waals surface area contributed by atoms with Crippen molar-refractivity contribution in [3.8, 4) is 11.5 Å². The number of hydrogen-bond donors (Lipinski definition) is 1. The molecule has 1 fully saturated rings. The molecule has 2 unspecified atom stereocenters. The minimum Gasteiger partial charge on any atom is -0.339 e. The Balaban J connectivity index is 1.78. The van der Waals surface area contributed by atoms with Gasteiger partial charge in [0.05, 0.1) is 5.92 Å². The van der Waals surface area contributed by atoms with Gasteiger partial charge in [0.25, 0.3) is 0 Å². The van der Waals surface area contributed by atoms with Crippen molar-refractivity contribution in [3.05, 3.63) is 29.8 Å². The number of nitrogens with one attached hydrogen (secondary N) is 1. The Kier molecular flexibility index (Phi) is 4.29. The van der Waals surface area contributed by atoms with E-state index in [0.717, 1.165) is 36.7 Å². The van der Waals surface area contributed by atoms with Crippen LogP contribution in [0.5, 0.6) is 0 Å². The van der Waals surface area contributed by atoms with Gasteiger partial charge in [0, 0.05) is 11.7 Å². The first-order valence-corrected chi connectivity index (χ1v) is 7.79. The van der Waals surface area contributed by atoms with E-state index < -0.39 is 0 Å². The third kappa shape index (κ3) is 3.13. The molecule has 0 aromatic carbocycles. The predicted molar refractivity (Wildman–Crippen MR) is 80.9 cm³/mol. The molecule has 3 rings (SSSR count). The molecule has 0 aliphatic heterocycles. The van der Waals surface area contributed by atoms with Crippen molar-refractivity contribution in [3.63, 3.8) is 0 Å². The molecule has 2 aromatic rings. The quantitative estimate of drug-likeness (QED) is 0.915. The Morgan fingerprint density at radius 1 is 1.29 bits per heavy atom. The van der Waals surface area contributed by atoms with Crippen LogP contribution < -0.4 is 5.32 Å². The summed E-state index contributed by atoms with van der Waals surface area (Å²) < 4.78 is 5.51. The van der Waals surface area contributed by atoms with Gasteiger partial charge < -0.3 is 9.84 Å². The summed E-state index contributed by atoms with van der Waals surface area (Å²) in [4.78, 5) is 9.03. The minimum absolute atomic E-state index is 0.336. The van der Waals surface area contributed by atoms with Crippen LogP contribution >= 0.6 is 0 Å². The van der Waals surface area contributed by atoms with Crippen LogP contribution in [-0.4, -0.2) is 27.7 Å². The van der Waals surface area contributed by atoms with Crippen molar-refractivity contribution in [2.24, 2.45) is 0 Å². The number of aromatic nitrogens is 3. The fourth-order valence-corrected chi connectivity index (χ4v) is 2.99. The molecule has 0 radical (unpaired) electrons. The van der Waals surface area contributed by atoms with Gasteiger partial charge in [-0.05, 0) is 44.9 Å². The molecule has 112 valence electrons. The van der Waals surface area contributed by atoms with E-state index in [-0.39, 0.29) is 0 Å². The molecule has 0 spiro atoms. The number of pyridine rings is 1. The summed E-state index contributed by atoms with van der Waals surface area (Å²) in [7, 11) is 0. The smallest absolute Gasteiger partial charge is 0.231 e. The van der Waals surface area contributed by atoms with Gasteiger partial charge in [0.15, 0.2) is 0 Å². The van der Waals surface area contributed by atoms with Crippen LogP contribution in [0.15, 0.2) is 22.7 Å². The highest BCUT2D eigenvalue weighted by molar-refractivity contribution is 5.48. The van der Waals surface area contributed by atoms with E-state index in [1.54, 1.807) is 0 Å². The number of rotatable bonds is 5. The standard InChI is InChI=1S/C16H22N4O/c1-3-10-17-13-8-5-7-12(13)16-19-15(20-21-16)14-9-4-6-11(2)18-14/h4,6,9,12-13,17H,3,5,7-8,10H2,1-2H3. The molecule has 1 saturated carbocycles. The second-order valence-electron chi connectivity index (χ2n) is 5.72. The fourth-order valence-electron chi connectivity index (χ4n) is 2.99. The van der Waals surface area contributed by atoms with Crippen LogP contribution in [0.3, 0.4) is 0 Å². The number of aryl methyl sites for hydroxylation is 1. The van der Waals surface area contributed by atoms with Crippen molar-refractivity contribution in [2.75, 3.05) is 6.54 Å². The Labute approximate surface area is 125 Å².